The summed E-state index contributed by atoms with van der Waals surface area (Å²) < 4.78 is 25.7. The molecule has 2 nitrogen and oxygen atoms in total. The lowest BCUT2D eigenvalue weighted by Crippen LogP contribution is -2.02. The zero-order valence-corrected chi connectivity index (χ0v) is 11.3. The van der Waals surface area contributed by atoms with E-state index in [1.165, 1.54) is 12.1 Å². The Hall–Kier alpha value is -1.94. The maximum absolute atomic E-state index is 13.0. The smallest absolute Gasteiger partial charge is 0.167 e. The van der Waals surface area contributed by atoms with Gasteiger partial charge in [0.25, 0.3) is 0 Å². The molecule has 0 aliphatic heterocycles. The summed E-state index contributed by atoms with van der Waals surface area (Å²) in [4.78, 5) is 11.9. The van der Waals surface area contributed by atoms with E-state index >= 15 is 0 Å². The topological polar surface area (TPSA) is 37.3 Å². The molecule has 0 bridgehead atoms. The molecular weight excluding hydrogens is 286 g/mol. The lowest BCUT2D eigenvalue weighted by atomic mass is 10.0. The number of phenols is 1. The number of benzene rings is 2. The van der Waals surface area contributed by atoms with Crippen molar-refractivity contribution in [3.8, 4) is 5.75 Å². The number of hydrogen-bond acceptors (Lipinski definition) is 2. The van der Waals surface area contributed by atoms with Crippen molar-refractivity contribution in [3.05, 3.63) is 65.2 Å². The molecule has 2 aromatic rings. The minimum atomic E-state index is -0.567. The van der Waals surface area contributed by atoms with E-state index in [2.05, 4.69) is 0 Å². The molecule has 0 fully saturated rings. The predicted octanol–water partition coefficient (Wildman–Crippen LogP) is 3.91. The normalized spacial score (nSPS) is 9.90. The second-order valence-electron chi connectivity index (χ2n) is 4.21. The molecule has 5 heteroatoms. The molecule has 0 amide bonds. The van der Waals surface area contributed by atoms with Gasteiger partial charge in [-0.1, -0.05) is 12.1 Å². The Morgan fingerprint density at radius 3 is 2.25 bits per heavy atom. The highest BCUT2D eigenvalue weighted by molar-refractivity contribution is 5.98. The fraction of sp³-hybridized carbons (Fsp3) is 0.133. The number of phenolic OH excluding ortho intramolecular Hbond substituents is 1. The first-order valence-corrected chi connectivity index (χ1v) is 5.82. The van der Waals surface area contributed by atoms with Crippen LogP contribution in [0.25, 0.3) is 0 Å². The standard InChI is InChI=1S/C15H12F2O2.ClH/c16-11-4-1-10(2-5-11)3-7-14(18)13-9-12(17)6-8-15(13)19;/h1-2,4-6,8-9,19H,3,7H2;1H. The summed E-state index contributed by atoms with van der Waals surface area (Å²) in [6.45, 7) is 0. The van der Waals surface area contributed by atoms with E-state index in [-0.39, 0.29) is 41.7 Å². The van der Waals surface area contributed by atoms with Gasteiger partial charge in [0.05, 0.1) is 5.56 Å². The van der Waals surface area contributed by atoms with E-state index in [0.29, 0.717) is 6.42 Å². The molecule has 0 aliphatic carbocycles. The maximum Gasteiger partial charge on any atom is 0.167 e. The van der Waals surface area contributed by atoms with Gasteiger partial charge in [0.15, 0.2) is 5.78 Å². The van der Waals surface area contributed by atoms with Gasteiger partial charge in [-0.3, -0.25) is 4.79 Å². The Bertz CT molecular complexity index is 597. The van der Waals surface area contributed by atoms with Crippen molar-refractivity contribution < 1.29 is 18.7 Å². The predicted molar refractivity (Wildman–Crippen MR) is 74.4 cm³/mol. The second kappa shape index (κ2) is 7.01. The molecule has 0 atom stereocenters. The highest BCUT2D eigenvalue weighted by Gasteiger charge is 2.12. The van der Waals surface area contributed by atoms with Crippen molar-refractivity contribution in [1.29, 1.82) is 0 Å². The van der Waals surface area contributed by atoms with Gasteiger partial charge in [-0.2, -0.15) is 0 Å². The molecule has 0 saturated heterocycles. The average molecular weight is 299 g/mol. The fourth-order valence-corrected chi connectivity index (χ4v) is 1.78. The van der Waals surface area contributed by atoms with Crippen LogP contribution in [-0.4, -0.2) is 10.9 Å². The SMILES string of the molecule is Cl.O=C(CCc1ccc(F)cc1)c1cc(F)ccc1O. The molecule has 2 aromatic carbocycles. The summed E-state index contributed by atoms with van der Waals surface area (Å²) in [5, 5.41) is 9.50. The van der Waals surface area contributed by atoms with Gasteiger partial charge in [0, 0.05) is 6.42 Å². The van der Waals surface area contributed by atoms with Crippen LogP contribution in [0.3, 0.4) is 0 Å². The van der Waals surface area contributed by atoms with Crippen LogP contribution in [0.1, 0.15) is 22.3 Å². The number of hydrogen-bond donors (Lipinski definition) is 1. The van der Waals surface area contributed by atoms with Crippen molar-refractivity contribution in [3.63, 3.8) is 0 Å². The van der Waals surface area contributed by atoms with Crippen molar-refractivity contribution in [2.24, 2.45) is 0 Å². The molecule has 20 heavy (non-hydrogen) atoms. The van der Waals surface area contributed by atoms with Gasteiger partial charge in [0.2, 0.25) is 0 Å². The summed E-state index contributed by atoms with van der Waals surface area (Å²) in [5.41, 5.74) is 0.785. The van der Waals surface area contributed by atoms with Gasteiger partial charge in [-0.05, 0) is 42.3 Å². The maximum atomic E-state index is 13.0. The van der Waals surface area contributed by atoms with Crippen molar-refractivity contribution in [1.82, 2.24) is 0 Å². The highest BCUT2D eigenvalue weighted by atomic mass is 35.5. The average Bonchev–Trinajstić information content (AvgIpc) is 2.40. The molecule has 0 aromatic heterocycles. The Morgan fingerprint density at radius 2 is 1.60 bits per heavy atom. The van der Waals surface area contributed by atoms with E-state index in [1.807, 2.05) is 0 Å². The molecule has 2 rings (SSSR count). The summed E-state index contributed by atoms with van der Waals surface area (Å²) in [6.07, 6.45) is 0.539. The summed E-state index contributed by atoms with van der Waals surface area (Å²) in [6, 6.07) is 9.08. The Morgan fingerprint density at radius 1 is 1.00 bits per heavy atom. The van der Waals surface area contributed by atoms with Gasteiger partial charge >= 0.3 is 0 Å². The van der Waals surface area contributed by atoms with Crippen LogP contribution >= 0.6 is 12.4 Å². The van der Waals surface area contributed by atoms with E-state index in [0.717, 1.165) is 23.8 Å². The molecular formula is C15H13ClF2O2. The van der Waals surface area contributed by atoms with Crippen LogP contribution in [-0.2, 0) is 6.42 Å². The largest absolute Gasteiger partial charge is 0.507 e. The van der Waals surface area contributed by atoms with Crippen LogP contribution in [0.5, 0.6) is 5.75 Å². The zero-order chi connectivity index (χ0) is 13.8. The van der Waals surface area contributed by atoms with Gasteiger partial charge in [-0.15, -0.1) is 12.4 Å². The number of ketones is 1. The van der Waals surface area contributed by atoms with E-state index in [1.54, 1.807) is 12.1 Å². The van der Waals surface area contributed by atoms with E-state index in [9.17, 15) is 18.7 Å². The lowest BCUT2D eigenvalue weighted by molar-refractivity contribution is 0.0980. The number of Topliss-reactive ketones (excluding diaryl/α,β-unsaturated/α-hetero) is 1. The molecule has 1 N–H and O–H groups in total. The Balaban J connectivity index is 0.00000200. The number of aryl methyl sites for hydroxylation is 1. The van der Waals surface area contributed by atoms with Crippen LogP contribution in [0, 0.1) is 11.6 Å². The first-order chi connectivity index (χ1) is 9.06. The number of aromatic hydroxyl groups is 1. The number of carbonyl (C=O) groups is 1. The lowest BCUT2D eigenvalue weighted by Gasteiger charge is -2.04. The van der Waals surface area contributed by atoms with Crippen LogP contribution < -0.4 is 0 Å². The zero-order valence-electron chi connectivity index (χ0n) is 10.5. The van der Waals surface area contributed by atoms with Crippen LogP contribution in [0.4, 0.5) is 8.78 Å². The molecule has 0 radical (unpaired) electrons. The third-order valence-corrected chi connectivity index (χ3v) is 2.81. The van der Waals surface area contributed by atoms with Crippen LogP contribution in [0.15, 0.2) is 42.5 Å². The minimum Gasteiger partial charge on any atom is -0.507 e. The summed E-state index contributed by atoms with van der Waals surface area (Å²) in [5.74, 6) is -1.48. The summed E-state index contributed by atoms with van der Waals surface area (Å²) in [7, 11) is 0. The van der Waals surface area contributed by atoms with Gasteiger partial charge in [0.1, 0.15) is 17.4 Å². The molecule has 0 heterocycles. The van der Waals surface area contributed by atoms with Gasteiger partial charge in [-0.25, -0.2) is 8.78 Å². The summed E-state index contributed by atoms with van der Waals surface area (Å²) >= 11 is 0. The van der Waals surface area contributed by atoms with Crippen molar-refractivity contribution in [2.45, 2.75) is 12.8 Å². The monoisotopic (exact) mass is 298 g/mol. The van der Waals surface area contributed by atoms with E-state index in [4.69, 9.17) is 0 Å². The third-order valence-electron chi connectivity index (χ3n) is 2.81. The van der Waals surface area contributed by atoms with Crippen molar-refractivity contribution >= 4 is 18.2 Å². The fourth-order valence-electron chi connectivity index (χ4n) is 1.78. The Labute approximate surface area is 121 Å². The highest BCUT2D eigenvalue weighted by Crippen LogP contribution is 2.20. The Kier molecular flexibility index (Phi) is 5.65. The van der Waals surface area contributed by atoms with Crippen LogP contribution in [0.2, 0.25) is 0 Å². The number of carbonyl (C=O) groups excluding carboxylic acids is 1. The molecule has 0 aliphatic rings. The first kappa shape index (κ1) is 16.1. The molecule has 106 valence electrons. The minimum absolute atomic E-state index is 0. The quantitative estimate of drug-likeness (QED) is 0.869. The van der Waals surface area contributed by atoms with Crippen molar-refractivity contribution in [2.75, 3.05) is 0 Å². The number of rotatable bonds is 4. The van der Waals surface area contributed by atoms with Gasteiger partial charge < -0.3 is 5.11 Å². The molecule has 0 unspecified atom stereocenters. The molecule has 0 saturated carbocycles. The third kappa shape index (κ3) is 4.03. The number of halogens is 3. The van der Waals surface area contributed by atoms with E-state index < -0.39 is 5.82 Å². The first-order valence-electron chi connectivity index (χ1n) is 5.82. The molecule has 0 spiro atoms. The second-order valence-corrected chi connectivity index (χ2v) is 4.21.